The Morgan fingerprint density at radius 1 is 1.62 bits per heavy atom. The molecule has 0 aromatic carbocycles. The van der Waals surface area contributed by atoms with Crippen LogP contribution in [0.2, 0.25) is 0 Å². The Labute approximate surface area is 81.0 Å². The molecule has 0 aromatic rings. The number of thioether (sulfide) groups is 1. The van der Waals surface area contributed by atoms with Crippen LogP contribution in [0.5, 0.6) is 0 Å². The Morgan fingerprint density at radius 3 is 2.92 bits per heavy atom. The molecule has 1 saturated heterocycles. The standard InChI is InChI=1S/C8H10N2O2S/c1-2-4-13-5-3-10-6-7(11)9-8(10)12/h1H,3-6H2,(H,9,11,12). The molecule has 0 aliphatic carbocycles. The molecule has 0 aromatic heterocycles. The van der Waals surface area contributed by atoms with E-state index >= 15 is 0 Å². The lowest BCUT2D eigenvalue weighted by molar-refractivity contribution is -0.118. The second-order valence-corrected chi connectivity index (χ2v) is 3.64. The van der Waals surface area contributed by atoms with Crippen LogP contribution in [0.4, 0.5) is 4.79 Å². The van der Waals surface area contributed by atoms with Crippen LogP contribution in [0.3, 0.4) is 0 Å². The smallest absolute Gasteiger partial charge is 0.314 e. The van der Waals surface area contributed by atoms with Crippen molar-refractivity contribution >= 4 is 23.7 Å². The summed E-state index contributed by atoms with van der Waals surface area (Å²) in [5, 5.41) is 2.21. The molecule has 0 radical (unpaired) electrons. The van der Waals surface area contributed by atoms with E-state index < -0.39 is 0 Å². The van der Waals surface area contributed by atoms with Gasteiger partial charge in [-0.2, -0.15) is 0 Å². The number of amides is 3. The number of hydrogen-bond donors (Lipinski definition) is 1. The molecule has 0 atom stereocenters. The summed E-state index contributed by atoms with van der Waals surface area (Å²) >= 11 is 1.57. The van der Waals surface area contributed by atoms with E-state index in [1.165, 1.54) is 4.90 Å². The molecule has 0 bridgehead atoms. The second-order valence-electron chi connectivity index (χ2n) is 2.53. The van der Waals surface area contributed by atoms with Crippen LogP contribution < -0.4 is 5.32 Å². The fraction of sp³-hybridized carbons (Fsp3) is 0.500. The minimum Gasteiger partial charge on any atom is -0.314 e. The van der Waals surface area contributed by atoms with Crippen molar-refractivity contribution in [2.45, 2.75) is 0 Å². The summed E-state index contributed by atoms with van der Waals surface area (Å²) in [5.41, 5.74) is 0. The highest BCUT2D eigenvalue weighted by Gasteiger charge is 2.25. The maximum Gasteiger partial charge on any atom is 0.324 e. The average molecular weight is 198 g/mol. The van der Waals surface area contributed by atoms with E-state index in [2.05, 4.69) is 11.2 Å². The number of nitrogens with zero attached hydrogens (tertiary/aromatic N) is 1. The van der Waals surface area contributed by atoms with Gasteiger partial charge in [-0.25, -0.2) is 4.79 Å². The van der Waals surface area contributed by atoms with E-state index in [4.69, 9.17) is 6.42 Å². The first-order valence-electron chi connectivity index (χ1n) is 3.84. The van der Waals surface area contributed by atoms with Crippen molar-refractivity contribution in [3.8, 4) is 12.3 Å². The topological polar surface area (TPSA) is 49.4 Å². The van der Waals surface area contributed by atoms with Gasteiger partial charge in [-0.05, 0) is 0 Å². The zero-order valence-corrected chi connectivity index (χ0v) is 7.89. The third kappa shape index (κ3) is 2.99. The Kier molecular flexibility index (Phi) is 3.65. The molecule has 1 rings (SSSR count). The molecule has 70 valence electrons. The number of rotatable bonds is 4. The Bertz CT molecular complexity index is 259. The van der Waals surface area contributed by atoms with Crippen molar-refractivity contribution in [2.75, 3.05) is 24.6 Å². The lowest BCUT2D eigenvalue weighted by Gasteiger charge is -2.11. The summed E-state index contributed by atoms with van der Waals surface area (Å²) in [7, 11) is 0. The molecule has 0 spiro atoms. The van der Waals surface area contributed by atoms with E-state index in [1.54, 1.807) is 11.8 Å². The van der Waals surface area contributed by atoms with E-state index in [9.17, 15) is 9.59 Å². The third-order valence-corrected chi connectivity index (χ3v) is 2.40. The number of terminal acetylenes is 1. The van der Waals surface area contributed by atoms with Gasteiger partial charge in [0, 0.05) is 12.3 Å². The predicted octanol–water partition coefficient (Wildman–Crippen LogP) is -0.0954. The molecule has 1 N–H and O–H groups in total. The Hall–Kier alpha value is -1.15. The summed E-state index contributed by atoms with van der Waals surface area (Å²) in [6.07, 6.45) is 5.05. The van der Waals surface area contributed by atoms with Gasteiger partial charge < -0.3 is 4.90 Å². The Balaban J connectivity index is 2.19. The largest absolute Gasteiger partial charge is 0.324 e. The van der Waals surface area contributed by atoms with Crippen LogP contribution in [0.1, 0.15) is 0 Å². The first-order valence-corrected chi connectivity index (χ1v) is 4.99. The van der Waals surface area contributed by atoms with Crippen molar-refractivity contribution in [1.29, 1.82) is 0 Å². The quantitative estimate of drug-likeness (QED) is 0.390. The molecule has 1 fully saturated rings. The lowest BCUT2D eigenvalue weighted by atomic mass is 10.5. The highest BCUT2D eigenvalue weighted by atomic mass is 32.2. The molecule has 0 unspecified atom stereocenters. The number of urea groups is 1. The summed E-state index contributed by atoms with van der Waals surface area (Å²) in [4.78, 5) is 23.2. The first kappa shape index (κ1) is 9.93. The van der Waals surface area contributed by atoms with Crippen LogP contribution >= 0.6 is 11.8 Å². The van der Waals surface area contributed by atoms with Crippen molar-refractivity contribution in [1.82, 2.24) is 10.2 Å². The maximum absolute atomic E-state index is 11.0. The predicted molar refractivity (Wildman–Crippen MR) is 51.3 cm³/mol. The molecule has 0 saturated carbocycles. The SMILES string of the molecule is C#CCSCCN1CC(=O)NC1=O. The molecular weight excluding hydrogens is 188 g/mol. The molecule has 1 aliphatic heterocycles. The molecule has 5 heteroatoms. The fourth-order valence-electron chi connectivity index (χ4n) is 0.969. The normalized spacial score (nSPS) is 15.8. The summed E-state index contributed by atoms with van der Waals surface area (Å²) in [6, 6.07) is -0.300. The third-order valence-electron chi connectivity index (χ3n) is 1.56. The zero-order chi connectivity index (χ0) is 9.68. The molecular formula is C8H10N2O2S. The number of nitrogens with one attached hydrogen (secondary N) is 1. The minimum atomic E-state index is -0.300. The minimum absolute atomic E-state index is 0.176. The lowest BCUT2D eigenvalue weighted by Crippen LogP contribution is -2.30. The average Bonchev–Trinajstić information content (AvgIpc) is 2.39. The second kappa shape index (κ2) is 4.77. The van der Waals surface area contributed by atoms with Crippen molar-refractivity contribution in [2.24, 2.45) is 0 Å². The number of hydrogen-bond acceptors (Lipinski definition) is 3. The van der Waals surface area contributed by atoms with E-state index in [0.29, 0.717) is 12.3 Å². The van der Waals surface area contributed by atoms with Crippen molar-refractivity contribution in [3.05, 3.63) is 0 Å². The maximum atomic E-state index is 11.0. The van der Waals surface area contributed by atoms with E-state index in [0.717, 1.165) is 5.75 Å². The van der Waals surface area contributed by atoms with Gasteiger partial charge in [-0.3, -0.25) is 10.1 Å². The Morgan fingerprint density at radius 2 is 2.38 bits per heavy atom. The van der Waals surface area contributed by atoms with E-state index in [-0.39, 0.29) is 18.5 Å². The van der Waals surface area contributed by atoms with Crippen LogP contribution in [0.25, 0.3) is 0 Å². The summed E-state index contributed by atoms with van der Waals surface area (Å²) < 4.78 is 0. The van der Waals surface area contributed by atoms with Gasteiger partial charge in [-0.1, -0.05) is 5.92 Å². The van der Waals surface area contributed by atoms with Crippen molar-refractivity contribution in [3.63, 3.8) is 0 Å². The summed E-state index contributed by atoms with van der Waals surface area (Å²) in [6.45, 7) is 0.749. The van der Waals surface area contributed by atoms with Gasteiger partial charge in [-0.15, -0.1) is 18.2 Å². The van der Waals surface area contributed by atoms with E-state index in [1.807, 2.05) is 0 Å². The van der Waals surface area contributed by atoms with Gasteiger partial charge in [0.15, 0.2) is 0 Å². The highest BCUT2D eigenvalue weighted by molar-refractivity contribution is 7.99. The molecule has 13 heavy (non-hydrogen) atoms. The summed E-state index contributed by atoms with van der Waals surface area (Å²) in [5.74, 6) is 3.67. The zero-order valence-electron chi connectivity index (χ0n) is 7.08. The van der Waals surface area contributed by atoms with Crippen LogP contribution in [0.15, 0.2) is 0 Å². The van der Waals surface area contributed by atoms with Gasteiger partial charge >= 0.3 is 6.03 Å². The van der Waals surface area contributed by atoms with Crippen molar-refractivity contribution < 1.29 is 9.59 Å². The molecule has 1 heterocycles. The van der Waals surface area contributed by atoms with Crippen LogP contribution in [0, 0.1) is 12.3 Å². The number of imide groups is 1. The van der Waals surface area contributed by atoms with Gasteiger partial charge in [0.05, 0.1) is 5.75 Å². The number of carbonyl (C=O) groups is 2. The fourth-order valence-corrected chi connectivity index (χ4v) is 1.58. The highest BCUT2D eigenvalue weighted by Crippen LogP contribution is 2.03. The number of carbonyl (C=O) groups excluding carboxylic acids is 2. The molecule has 4 nitrogen and oxygen atoms in total. The molecule has 1 aliphatic rings. The first-order chi connectivity index (χ1) is 6.24. The van der Waals surface area contributed by atoms with Gasteiger partial charge in [0.1, 0.15) is 6.54 Å². The monoisotopic (exact) mass is 198 g/mol. The van der Waals surface area contributed by atoms with Gasteiger partial charge in [0.25, 0.3) is 0 Å². The van der Waals surface area contributed by atoms with Crippen LogP contribution in [-0.2, 0) is 4.79 Å². The van der Waals surface area contributed by atoms with Crippen LogP contribution in [-0.4, -0.2) is 41.4 Å². The van der Waals surface area contributed by atoms with Gasteiger partial charge in [0.2, 0.25) is 5.91 Å². The molecule has 3 amide bonds.